The second kappa shape index (κ2) is 10.4. The molecule has 0 fully saturated rings. The fraction of sp³-hybridized carbons (Fsp3) is 0.364. The molecule has 0 bridgehead atoms. The molecular formula is C22H25ClN2O7S. The van der Waals surface area contributed by atoms with Crippen molar-refractivity contribution in [3.05, 3.63) is 52.5 Å². The summed E-state index contributed by atoms with van der Waals surface area (Å²) in [6, 6.07) is 7.83. The summed E-state index contributed by atoms with van der Waals surface area (Å²) >= 11 is 6.25. The lowest BCUT2D eigenvalue weighted by atomic mass is 10.2. The van der Waals surface area contributed by atoms with Gasteiger partial charge in [0, 0.05) is 26.1 Å². The number of hydrogen-bond donors (Lipinski definition) is 1. The molecule has 1 heterocycles. The Labute approximate surface area is 197 Å². The third kappa shape index (κ3) is 5.95. The fourth-order valence-electron chi connectivity index (χ4n) is 2.97. The van der Waals surface area contributed by atoms with E-state index in [1.165, 1.54) is 45.3 Å². The summed E-state index contributed by atoms with van der Waals surface area (Å²) in [5.41, 5.74) is 0.829. The molecule has 9 nitrogen and oxygen atoms in total. The van der Waals surface area contributed by atoms with Crippen LogP contribution < -0.4 is 14.8 Å². The minimum atomic E-state index is -3.60. The van der Waals surface area contributed by atoms with Gasteiger partial charge < -0.3 is 19.5 Å². The molecule has 0 aromatic heterocycles. The minimum absolute atomic E-state index is 0.0605. The van der Waals surface area contributed by atoms with Gasteiger partial charge in [-0.1, -0.05) is 11.6 Å². The average Bonchev–Trinajstić information content (AvgIpc) is 3.03. The molecule has 2 aromatic rings. The zero-order valence-corrected chi connectivity index (χ0v) is 20.0. The number of amides is 1. The van der Waals surface area contributed by atoms with E-state index in [9.17, 15) is 18.0 Å². The summed E-state index contributed by atoms with van der Waals surface area (Å²) in [6.07, 6.45) is 0.737. The van der Waals surface area contributed by atoms with Crippen molar-refractivity contribution >= 4 is 33.5 Å². The van der Waals surface area contributed by atoms with Crippen molar-refractivity contribution in [2.24, 2.45) is 0 Å². The lowest BCUT2D eigenvalue weighted by Gasteiger charge is -2.15. The topological polar surface area (TPSA) is 111 Å². The van der Waals surface area contributed by atoms with Crippen LogP contribution in [-0.4, -0.2) is 58.0 Å². The number of ether oxygens (including phenoxy) is 3. The van der Waals surface area contributed by atoms with Crippen molar-refractivity contribution in [2.45, 2.75) is 30.9 Å². The van der Waals surface area contributed by atoms with Gasteiger partial charge in [-0.15, -0.1) is 0 Å². The first kappa shape index (κ1) is 24.8. The number of halogens is 1. The van der Waals surface area contributed by atoms with Crippen molar-refractivity contribution in [3.8, 4) is 11.5 Å². The molecule has 178 valence electrons. The molecule has 0 saturated carbocycles. The summed E-state index contributed by atoms with van der Waals surface area (Å²) in [7, 11) is -0.759. The summed E-state index contributed by atoms with van der Waals surface area (Å²) in [6.45, 7) is 2.43. The highest BCUT2D eigenvalue weighted by atomic mass is 35.5. The quantitative estimate of drug-likeness (QED) is 0.586. The molecule has 11 heteroatoms. The molecule has 0 saturated heterocycles. The van der Waals surface area contributed by atoms with Crippen molar-refractivity contribution in [3.63, 3.8) is 0 Å². The van der Waals surface area contributed by atoms with Gasteiger partial charge in [0.1, 0.15) is 12.6 Å². The third-order valence-electron chi connectivity index (χ3n) is 4.84. The van der Waals surface area contributed by atoms with Gasteiger partial charge in [-0.2, -0.15) is 0 Å². The molecule has 2 aromatic carbocycles. The number of carbonyl (C=O) groups excluding carboxylic acids is 2. The smallest absolute Gasteiger partial charge is 0.328 e. The van der Waals surface area contributed by atoms with E-state index in [0.717, 1.165) is 10.7 Å². The molecule has 1 N–H and O–H groups in total. The number of rotatable bonds is 7. The van der Waals surface area contributed by atoms with E-state index in [0.29, 0.717) is 35.3 Å². The van der Waals surface area contributed by atoms with Gasteiger partial charge in [0.2, 0.25) is 10.0 Å². The van der Waals surface area contributed by atoms with Crippen LogP contribution in [0, 0.1) is 0 Å². The molecule has 1 unspecified atom stereocenters. The van der Waals surface area contributed by atoms with Crippen molar-refractivity contribution in [1.82, 2.24) is 9.62 Å². The Morgan fingerprint density at radius 1 is 1.15 bits per heavy atom. The number of nitrogens with one attached hydrogen (secondary N) is 1. The van der Waals surface area contributed by atoms with E-state index in [2.05, 4.69) is 5.32 Å². The maximum atomic E-state index is 12.4. The van der Waals surface area contributed by atoms with Crippen LogP contribution in [0.15, 0.2) is 41.3 Å². The van der Waals surface area contributed by atoms with Crippen LogP contribution in [0.2, 0.25) is 5.02 Å². The van der Waals surface area contributed by atoms with Crippen LogP contribution >= 0.6 is 11.6 Å². The van der Waals surface area contributed by atoms with Crippen LogP contribution in [0.4, 0.5) is 0 Å². The Morgan fingerprint density at radius 2 is 1.82 bits per heavy atom. The SMILES string of the molecule is CC(NC(=O)c1ccc(S(=O)(=O)N(C)C)cc1)C(=O)OCc1cc(Cl)c2c(c1)OCCCO2. The summed E-state index contributed by atoms with van der Waals surface area (Å²) in [5, 5.41) is 2.90. The van der Waals surface area contributed by atoms with Crippen molar-refractivity contribution < 1.29 is 32.2 Å². The van der Waals surface area contributed by atoms with E-state index in [-0.39, 0.29) is 17.1 Å². The number of hydrogen-bond acceptors (Lipinski definition) is 7. The van der Waals surface area contributed by atoms with Gasteiger partial charge in [-0.25, -0.2) is 17.5 Å². The predicted molar refractivity (Wildman–Crippen MR) is 121 cm³/mol. The highest BCUT2D eigenvalue weighted by molar-refractivity contribution is 7.89. The van der Waals surface area contributed by atoms with Crippen LogP contribution in [0.3, 0.4) is 0 Å². The molecule has 0 spiro atoms. The van der Waals surface area contributed by atoms with Gasteiger partial charge in [-0.05, 0) is 48.9 Å². The number of benzene rings is 2. The normalized spacial score (nSPS) is 14.3. The van der Waals surface area contributed by atoms with Crippen LogP contribution in [-0.2, 0) is 26.2 Å². The zero-order chi connectivity index (χ0) is 24.2. The van der Waals surface area contributed by atoms with Gasteiger partial charge in [0.25, 0.3) is 5.91 Å². The van der Waals surface area contributed by atoms with Gasteiger partial charge in [0.15, 0.2) is 11.5 Å². The summed E-state index contributed by atoms with van der Waals surface area (Å²) < 4.78 is 41.8. The molecule has 1 amide bonds. The Bertz CT molecular complexity index is 1130. The Balaban J connectivity index is 1.58. The van der Waals surface area contributed by atoms with Gasteiger partial charge >= 0.3 is 5.97 Å². The van der Waals surface area contributed by atoms with Crippen LogP contribution in [0.25, 0.3) is 0 Å². The number of carbonyl (C=O) groups is 2. The van der Waals surface area contributed by atoms with E-state index in [4.69, 9.17) is 25.8 Å². The van der Waals surface area contributed by atoms with E-state index >= 15 is 0 Å². The van der Waals surface area contributed by atoms with E-state index in [1.54, 1.807) is 12.1 Å². The van der Waals surface area contributed by atoms with Crippen LogP contribution in [0.1, 0.15) is 29.3 Å². The zero-order valence-electron chi connectivity index (χ0n) is 18.5. The lowest BCUT2D eigenvalue weighted by molar-refractivity contribution is -0.146. The predicted octanol–water partition coefficient (Wildman–Crippen LogP) is 2.61. The maximum absolute atomic E-state index is 12.4. The van der Waals surface area contributed by atoms with Crippen molar-refractivity contribution in [1.29, 1.82) is 0 Å². The molecule has 1 atom stereocenters. The highest BCUT2D eigenvalue weighted by Crippen LogP contribution is 2.38. The molecule has 0 radical (unpaired) electrons. The first-order valence-corrected chi connectivity index (χ1v) is 12.0. The molecule has 33 heavy (non-hydrogen) atoms. The van der Waals surface area contributed by atoms with Crippen LogP contribution in [0.5, 0.6) is 11.5 Å². The second-order valence-corrected chi connectivity index (χ2v) is 10.1. The maximum Gasteiger partial charge on any atom is 0.328 e. The standard InChI is InChI=1S/C22H25ClN2O7S/c1-14(24-21(26)16-5-7-17(8-6-16)33(28,29)25(2)3)22(27)32-13-15-11-18(23)20-19(12-15)30-9-4-10-31-20/h5-8,11-12,14H,4,9-10,13H2,1-3H3,(H,24,26). The summed E-state index contributed by atoms with van der Waals surface area (Å²) in [4.78, 5) is 24.9. The lowest BCUT2D eigenvalue weighted by Crippen LogP contribution is -2.39. The molecule has 3 rings (SSSR count). The second-order valence-electron chi connectivity index (χ2n) is 7.57. The first-order valence-electron chi connectivity index (χ1n) is 10.2. The number of fused-ring (bicyclic) bond motifs is 1. The molecular weight excluding hydrogens is 472 g/mol. The Kier molecular flexibility index (Phi) is 7.83. The summed E-state index contributed by atoms with van der Waals surface area (Å²) in [5.74, 6) is -0.216. The fourth-order valence-corrected chi connectivity index (χ4v) is 4.16. The number of esters is 1. The number of sulfonamides is 1. The molecule has 1 aliphatic rings. The highest BCUT2D eigenvalue weighted by Gasteiger charge is 2.21. The van der Waals surface area contributed by atoms with Crippen molar-refractivity contribution in [2.75, 3.05) is 27.3 Å². The third-order valence-corrected chi connectivity index (χ3v) is 6.95. The monoisotopic (exact) mass is 496 g/mol. The molecule has 0 aliphatic carbocycles. The Hall–Kier alpha value is -2.82. The Morgan fingerprint density at radius 3 is 2.48 bits per heavy atom. The van der Waals surface area contributed by atoms with Gasteiger partial charge in [-0.3, -0.25) is 4.79 Å². The van der Waals surface area contributed by atoms with Gasteiger partial charge in [0.05, 0.1) is 23.1 Å². The number of nitrogens with zero attached hydrogens (tertiary/aromatic N) is 1. The average molecular weight is 497 g/mol. The van der Waals surface area contributed by atoms with E-state index < -0.39 is 27.9 Å². The minimum Gasteiger partial charge on any atom is -0.489 e. The molecule has 1 aliphatic heterocycles. The van der Waals surface area contributed by atoms with E-state index in [1.807, 2.05) is 0 Å². The first-order chi connectivity index (χ1) is 15.6. The largest absolute Gasteiger partial charge is 0.489 e.